The molecular weight excluding hydrogens is 297 g/mol. The summed E-state index contributed by atoms with van der Waals surface area (Å²) in [4.78, 5) is 9.50. The first-order valence-electron chi connectivity index (χ1n) is 5.99. The van der Waals surface area contributed by atoms with Gasteiger partial charge in [-0.3, -0.25) is 9.42 Å². The van der Waals surface area contributed by atoms with Gasteiger partial charge in [0, 0.05) is 7.11 Å². The minimum absolute atomic E-state index is 0. The van der Waals surface area contributed by atoms with Crippen LogP contribution in [-0.4, -0.2) is 12.0 Å². The third-order valence-corrected chi connectivity index (χ3v) is 3.63. The fraction of sp³-hybridized carbons (Fsp3) is 0.538. The van der Waals surface area contributed by atoms with Crippen LogP contribution in [-0.2, 0) is 9.09 Å². The average molecular weight is 320 g/mol. The van der Waals surface area contributed by atoms with Crippen molar-refractivity contribution in [3.05, 3.63) is 29.3 Å². The van der Waals surface area contributed by atoms with E-state index in [1.165, 1.54) is 0 Å². The predicted molar refractivity (Wildman–Crippen MR) is 74.3 cm³/mol. The van der Waals surface area contributed by atoms with Crippen molar-refractivity contribution >= 4 is 7.82 Å². The first-order chi connectivity index (χ1) is 8.28. The van der Waals surface area contributed by atoms with Crippen LogP contribution in [0.15, 0.2) is 18.2 Å². The number of hydrogen-bond acceptors (Lipinski definition) is 3. The molecule has 20 heavy (non-hydrogen) atoms. The van der Waals surface area contributed by atoms with Gasteiger partial charge in [0.15, 0.2) is 0 Å². The van der Waals surface area contributed by atoms with Crippen LogP contribution >= 0.6 is 7.82 Å². The number of phosphoric ester groups is 1. The summed E-state index contributed by atoms with van der Waals surface area (Å²) in [5.41, 5.74) is 1.82. The van der Waals surface area contributed by atoms with E-state index in [9.17, 15) is 9.46 Å². The summed E-state index contributed by atoms with van der Waals surface area (Å²) in [6.07, 6.45) is 0. The van der Waals surface area contributed by atoms with Crippen molar-refractivity contribution in [1.82, 2.24) is 0 Å². The maximum Gasteiger partial charge on any atom is 1.00 e. The van der Waals surface area contributed by atoms with Gasteiger partial charge in [-0.15, -0.1) is 0 Å². The molecule has 1 aromatic carbocycles. The van der Waals surface area contributed by atoms with E-state index >= 15 is 0 Å². The van der Waals surface area contributed by atoms with Gasteiger partial charge in [0.25, 0.3) is 0 Å². The molecule has 4 nitrogen and oxygen atoms in total. The fourth-order valence-electron chi connectivity index (χ4n) is 1.74. The SMILES string of the molecule is COP(=O)(O)Oc1c(C(C)C)cccc1C(C)C.[H-].[H-].[Na+].[Na+]. The van der Waals surface area contributed by atoms with Crippen LogP contribution in [0, 0.1) is 0 Å². The molecule has 106 valence electrons. The van der Waals surface area contributed by atoms with E-state index in [-0.39, 0.29) is 73.8 Å². The molecule has 7 heteroatoms. The fourth-order valence-corrected chi connectivity index (χ4v) is 2.26. The molecule has 0 saturated carbocycles. The Bertz CT molecular complexity index is 447. The second kappa shape index (κ2) is 10.0. The van der Waals surface area contributed by atoms with Crippen molar-refractivity contribution in [2.24, 2.45) is 0 Å². The monoisotopic (exact) mass is 320 g/mol. The van der Waals surface area contributed by atoms with Crippen LogP contribution in [0.2, 0.25) is 0 Å². The van der Waals surface area contributed by atoms with Gasteiger partial charge in [0.05, 0.1) is 0 Å². The molecule has 0 bridgehead atoms. The third kappa shape index (κ3) is 6.51. The summed E-state index contributed by atoms with van der Waals surface area (Å²) in [7, 11) is -2.87. The molecule has 1 aromatic rings. The number of benzene rings is 1. The Morgan fingerprint density at radius 1 is 1.10 bits per heavy atom. The molecule has 1 N–H and O–H groups in total. The Kier molecular flexibility index (Phi) is 11.8. The Balaban J connectivity index is -0.000000405. The Morgan fingerprint density at radius 3 is 1.80 bits per heavy atom. The molecule has 0 aliphatic rings. The van der Waals surface area contributed by atoms with Gasteiger partial charge in [-0.25, -0.2) is 4.57 Å². The number of phosphoric acid groups is 1. The van der Waals surface area contributed by atoms with Crippen LogP contribution in [0.3, 0.4) is 0 Å². The molecule has 0 saturated heterocycles. The Hall–Kier alpha value is 1.17. The molecule has 0 amide bonds. The van der Waals surface area contributed by atoms with Crippen LogP contribution in [0.4, 0.5) is 0 Å². The minimum atomic E-state index is -4.03. The molecule has 1 rings (SSSR count). The van der Waals surface area contributed by atoms with Gasteiger partial charge in [-0.05, 0) is 23.0 Å². The zero-order chi connectivity index (χ0) is 13.9. The van der Waals surface area contributed by atoms with Crippen molar-refractivity contribution in [2.45, 2.75) is 39.5 Å². The van der Waals surface area contributed by atoms with Gasteiger partial charge in [0.1, 0.15) is 5.75 Å². The summed E-state index contributed by atoms with van der Waals surface area (Å²) in [5, 5.41) is 0. The van der Waals surface area contributed by atoms with E-state index in [2.05, 4.69) is 4.52 Å². The normalized spacial score (nSPS) is 13.4. The summed E-state index contributed by atoms with van der Waals surface area (Å²) in [6, 6.07) is 5.75. The predicted octanol–water partition coefficient (Wildman–Crippen LogP) is -1.71. The standard InChI is InChI=1S/C13H21O4P.2Na.2H/c1-9(2)11-7-6-8-12(10(3)4)13(11)17-18(14,15)16-5;;;;/h6-10H,1-5H3,(H,14,15);;;;/q;2*+1;2*-1. The van der Waals surface area contributed by atoms with Crippen molar-refractivity contribution in [1.29, 1.82) is 0 Å². The molecule has 1 unspecified atom stereocenters. The van der Waals surface area contributed by atoms with E-state index < -0.39 is 7.82 Å². The number of hydrogen-bond donors (Lipinski definition) is 1. The molecule has 0 aliphatic heterocycles. The van der Waals surface area contributed by atoms with Crippen LogP contribution in [0.5, 0.6) is 5.75 Å². The van der Waals surface area contributed by atoms with E-state index in [0.29, 0.717) is 5.75 Å². The molecule has 1 atom stereocenters. The molecule has 0 radical (unpaired) electrons. The smallest absolute Gasteiger partial charge is 1.00 e. The zero-order valence-electron chi connectivity index (χ0n) is 15.5. The van der Waals surface area contributed by atoms with Crippen molar-refractivity contribution in [3.8, 4) is 5.75 Å². The van der Waals surface area contributed by atoms with Gasteiger partial charge < -0.3 is 7.38 Å². The van der Waals surface area contributed by atoms with Gasteiger partial charge in [-0.2, -0.15) is 0 Å². The number of para-hydroxylation sites is 1. The first-order valence-corrected chi connectivity index (χ1v) is 7.49. The molecule has 0 aromatic heterocycles. The van der Waals surface area contributed by atoms with Crippen LogP contribution in [0.1, 0.15) is 53.5 Å². The van der Waals surface area contributed by atoms with Crippen molar-refractivity contribution < 1.29 is 80.5 Å². The minimum Gasteiger partial charge on any atom is -1.00 e. The van der Waals surface area contributed by atoms with Gasteiger partial charge >= 0.3 is 66.9 Å². The summed E-state index contributed by atoms with van der Waals surface area (Å²) in [5.74, 6) is 0.876. The maximum absolute atomic E-state index is 11.6. The second-order valence-corrected chi connectivity index (χ2v) is 6.30. The summed E-state index contributed by atoms with van der Waals surface area (Å²) in [6.45, 7) is 8.06. The van der Waals surface area contributed by atoms with Crippen LogP contribution < -0.4 is 63.6 Å². The Morgan fingerprint density at radius 2 is 1.50 bits per heavy atom. The van der Waals surface area contributed by atoms with E-state index in [0.717, 1.165) is 18.2 Å². The molecule has 0 heterocycles. The third-order valence-electron chi connectivity index (χ3n) is 2.76. The van der Waals surface area contributed by atoms with E-state index in [1.54, 1.807) is 0 Å². The summed E-state index contributed by atoms with van der Waals surface area (Å²) < 4.78 is 21.3. The van der Waals surface area contributed by atoms with Gasteiger partial charge in [-0.1, -0.05) is 45.9 Å². The van der Waals surface area contributed by atoms with Gasteiger partial charge in [0.2, 0.25) is 0 Å². The van der Waals surface area contributed by atoms with E-state index in [1.807, 2.05) is 45.9 Å². The largest absolute Gasteiger partial charge is 1.00 e. The van der Waals surface area contributed by atoms with E-state index in [4.69, 9.17) is 4.52 Å². The molecule has 0 fully saturated rings. The summed E-state index contributed by atoms with van der Waals surface area (Å²) >= 11 is 0. The average Bonchev–Trinajstić information content (AvgIpc) is 2.28. The van der Waals surface area contributed by atoms with Crippen LogP contribution in [0.25, 0.3) is 0 Å². The second-order valence-electron chi connectivity index (χ2n) is 4.82. The van der Waals surface area contributed by atoms with Crippen molar-refractivity contribution in [2.75, 3.05) is 7.11 Å². The number of rotatable bonds is 5. The molecule has 0 spiro atoms. The quantitative estimate of drug-likeness (QED) is 0.519. The zero-order valence-corrected chi connectivity index (χ0v) is 18.4. The van der Waals surface area contributed by atoms with Crippen molar-refractivity contribution in [3.63, 3.8) is 0 Å². The molecular formula is C13H23Na2O4P. The Labute approximate surface area is 168 Å². The topological polar surface area (TPSA) is 55.8 Å². The maximum atomic E-state index is 11.6. The molecule has 0 aliphatic carbocycles. The first kappa shape index (κ1) is 23.4.